The predicted octanol–water partition coefficient (Wildman–Crippen LogP) is 6.30. The van der Waals surface area contributed by atoms with E-state index in [1.807, 2.05) is 41.5 Å². The highest BCUT2D eigenvalue weighted by Crippen LogP contribution is 2.26. The maximum absolute atomic E-state index is 5.81. The molecule has 1 unspecified atom stereocenters. The van der Waals surface area contributed by atoms with E-state index in [-0.39, 0.29) is 32.7 Å². The summed E-state index contributed by atoms with van der Waals surface area (Å²) in [5, 5.41) is 0. The van der Waals surface area contributed by atoms with Gasteiger partial charge in [0.05, 0.1) is 0 Å². The van der Waals surface area contributed by atoms with Crippen LogP contribution in [0.5, 0.6) is 0 Å². The van der Waals surface area contributed by atoms with Crippen LogP contribution in [0.1, 0.15) is 125 Å². The highest BCUT2D eigenvalue weighted by atomic mass is 14.7. The smallest absolute Gasteiger partial charge is 0.0146 e. The van der Waals surface area contributed by atoms with Gasteiger partial charge >= 0.3 is 0 Å². The summed E-state index contributed by atoms with van der Waals surface area (Å²) in [6.07, 6.45) is 0. The van der Waals surface area contributed by atoms with Crippen molar-refractivity contribution in [1.82, 2.24) is 0 Å². The molecule has 0 rings (SSSR count). The van der Waals surface area contributed by atoms with Crippen molar-refractivity contribution < 1.29 is 0 Å². The van der Waals surface area contributed by atoms with E-state index in [4.69, 9.17) is 22.9 Å². The van der Waals surface area contributed by atoms with Crippen molar-refractivity contribution in [2.45, 2.75) is 148 Å². The van der Waals surface area contributed by atoms with Crippen LogP contribution in [0.4, 0.5) is 0 Å². The van der Waals surface area contributed by atoms with Crippen molar-refractivity contribution in [1.29, 1.82) is 0 Å². The second-order valence-electron chi connectivity index (χ2n) is 14.3. The van der Waals surface area contributed by atoms with Gasteiger partial charge in [-0.25, -0.2) is 0 Å². The molecule has 0 aromatic rings. The van der Waals surface area contributed by atoms with Crippen LogP contribution in [0.25, 0.3) is 0 Å². The molecule has 8 N–H and O–H groups in total. The Morgan fingerprint density at radius 1 is 0.400 bits per heavy atom. The molecule has 0 aromatic carbocycles. The SMILES string of the molecule is CC(C)(C)C(C)(C)N.CC(C)(C)C(C)(C)N.CC(N)C(C)(C)C.C[C@@H](N)C(C)(C)C. The quantitative estimate of drug-likeness (QED) is 0.360. The van der Waals surface area contributed by atoms with E-state index in [1.54, 1.807) is 0 Å². The second kappa shape index (κ2) is 12.8. The van der Waals surface area contributed by atoms with Crippen molar-refractivity contribution in [3.63, 3.8) is 0 Å². The van der Waals surface area contributed by atoms with E-state index in [0.29, 0.717) is 12.1 Å². The molecule has 4 heteroatoms. The van der Waals surface area contributed by atoms with E-state index in [2.05, 4.69) is 83.1 Å². The van der Waals surface area contributed by atoms with E-state index >= 15 is 0 Å². The zero-order valence-electron chi connectivity index (χ0n) is 24.5. The van der Waals surface area contributed by atoms with Crippen LogP contribution in [0, 0.1) is 21.7 Å². The third kappa shape index (κ3) is 22.5. The summed E-state index contributed by atoms with van der Waals surface area (Å²) < 4.78 is 0. The summed E-state index contributed by atoms with van der Waals surface area (Å²) in [6, 6.07) is 0.597. The fraction of sp³-hybridized carbons (Fsp3) is 1.00. The lowest BCUT2D eigenvalue weighted by molar-refractivity contribution is 0.230. The summed E-state index contributed by atoms with van der Waals surface area (Å²) in [6.45, 7) is 37.9. The highest BCUT2D eigenvalue weighted by Gasteiger charge is 2.28. The van der Waals surface area contributed by atoms with Gasteiger partial charge in [0.25, 0.3) is 0 Å². The maximum atomic E-state index is 5.81. The van der Waals surface area contributed by atoms with Crippen molar-refractivity contribution >= 4 is 0 Å². The van der Waals surface area contributed by atoms with Crippen molar-refractivity contribution in [3.05, 3.63) is 0 Å². The predicted molar refractivity (Wildman–Crippen MR) is 142 cm³/mol. The summed E-state index contributed by atoms with van der Waals surface area (Å²) in [7, 11) is 0. The van der Waals surface area contributed by atoms with Gasteiger partial charge in [-0.1, -0.05) is 83.1 Å². The molecule has 0 aliphatic carbocycles. The molecule has 30 heavy (non-hydrogen) atoms. The lowest BCUT2D eigenvalue weighted by Gasteiger charge is -2.34. The molecule has 0 radical (unpaired) electrons. The lowest BCUT2D eigenvalue weighted by atomic mass is 9.77. The van der Waals surface area contributed by atoms with E-state index in [1.165, 1.54) is 0 Å². The third-order valence-corrected chi connectivity index (χ3v) is 6.60. The van der Waals surface area contributed by atoms with E-state index in [0.717, 1.165) is 0 Å². The number of hydrogen-bond donors (Lipinski definition) is 4. The van der Waals surface area contributed by atoms with Gasteiger partial charge < -0.3 is 22.9 Å². The summed E-state index contributed by atoms with van der Waals surface area (Å²) >= 11 is 0. The molecule has 0 aliphatic heterocycles. The van der Waals surface area contributed by atoms with E-state index in [9.17, 15) is 0 Å². The first-order valence-electron chi connectivity index (χ1n) is 11.5. The first-order valence-corrected chi connectivity index (χ1v) is 11.5. The van der Waals surface area contributed by atoms with Crippen LogP contribution in [0.2, 0.25) is 0 Å². The Bertz CT molecular complexity index is 343. The standard InChI is InChI=1S/2C7H17N.2C6H15N/c2*1-6(2,3)7(4,5)8;2*1-5(7)6(2,3)4/h2*8H2,1-5H3;2*5H,7H2,1-4H3/t;;5-;/m..1./s1. The molecule has 0 aromatic heterocycles. The van der Waals surface area contributed by atoms with Gasteiger partial charge in [0.1, 0.15) is 0 Å². The Hall–Kier alpha value is -0.160. The van der Waals surface area contributed by atoms with Gasteiger partial charge in [-0.2, -0.15) is 0 Å². The minimum absolute atomic E-state index is 0.0625. The first-order chi connectivity index (χ1) is 12.4. The van der Waals surface area contributed by atoms with Gasteiger partial charge in [-0.15, -0.1) is 0 Å². The minimum atomic E-state index is -0.0625. The largest absolute Gasteiger partial charge is 0.327 e. The number of hydrogen-bond acceptors (Lipinski definition) is 4. The van der Waals surface area contributed by atoms with Crippen molar-refractivity contribution in [3.8, 4) is 0 Å². The molecule has 0 spiro atoms. The normalized spacial score (nSPS) is 15.4. The highest BCUT2D eigenvalue weighted by molar-refractivity contribution is 4.86. The van der Waals surface area contributed by atoms with Crippen molar-refractivity contribution in [2.75, 3.05) is 0 Å². The van der Waals surface area contributed by atoms with Crippen LogP contribution in [-0.2, 0) is 0 Å². The molecule has 0 heterocycles. The Morgan fingerprint density at radius 3 is 0.467 bits per heavy atom. The van der Waals surface area contributed by atoms with Crippen LogP contribution in [-0.4, -0.2) is 23.2 Å². The zero-order valence-corrected chi connectivity index (χ0v) is 24.5. The maximum Gasteiger partial charge on any atom is 0.0146 e. The summed E-state index contributed by atoms with van der Waals surface area (Å²) in [4.78, 5) is 0. The molecular weight excluding hydrogens is 368 g/mol. The molecule has 4 nitrogen and oxygen atoms in total. The third-order valence-electron chi connectivity index (χ3n) is 6.60. The van der Waals surface area contributed by atoms with E-state index < -0.39 is 0 Å². The lowest BCUT2D eigenvalue weighted by Crippen LogP contribution is -2.45. The summed E-state index contributed by atoms with van der Waals surface area (Å²) in [5.41, 5.74) is 23.6. The van der Waals surface area contributed by atoms with Gasteiger partial charge in [0.2, 0.25) is 0 Å². The molecule has 2 atom stereocenters. The molecule has 0 bridgehead atoms. The van der Waals surface area contributed by atoms with Crippen LogP contribution < -0.4 is 22.9 Å². The Kier molecular flexibility index (Phi) is 15.8. The van der Waals surface area contributed by atoms with Gasteiger partial charge in [-0.05, 0) is 63.2 Å². The minimum Gasteiger partial charge on any atom is -0.327 e. The molecular formula is C26H64N4. The van der Waals surface area contributed by atoms with Crippen LogP contribution in [0.15, 0.2) is 0 Å². The van der Waals surface area contributed by atoms with Gasteiger partial charge in [0, 0.05) is 23.2 Å². The second-order valence-corrected chi connectivity index (χ2v) is 14.3. The topological polar surface area (TPSA) is 104 Å². The van der Waals surface area contributed by atoms with Crippen molar-refractivity contribution in [2.24, 2.45) is 44.6 Å². The van der Waals surface area contributed by atoms with Crippen LogP contribution in [0.3, 0.4) is 0 Å². The van der Waals surface area contributed by atoms with Gasteiger partial charge in [0.15, 0.2) is 0 Å². The molecule has 0 aliphatic rings. The van der Waals surface area contributed by atoms with Crippen LogP contribution >= 0.6 is 0 Å². The number of nitrogens with two attached hydrogens (primary N) is 4. The fourth-order valence-electron chi connectivity index (χ4n) is 0. The molecule has 0 saturated carbocycles. The average molecular weight is 433 g/mol. The van der Waals surface area contributed by atoms with Gasteiger partial charge in [-0.3, -0.25) is 0 Å². The molecule has 0 fully saturated rings. The number of rotatable bonds is 0. The molecule has 188 valence electrons. The Morgan fingerprint density at radius 2 is 0.467 bits per heavy atom. The zero-order chi connectivity index (χ0) is 26.2. The first kappa shape index (κ1) is 37.2. The molecule has 0 amide bonds. The average Bonchev–Trinajstić information content (AvgIpc) is 2.33. The Balaban J connectivity index is -0.000000151. The summed E-state index contributed by atoms with van der Waals surface area (Å²) in [5.74, 6) is 0. The molecule has 0 saturated heterocycles. The Labute approximate surface area is 192 Å². The fourth-order valence-corrected chi connectivity index (χ4v) is 0. The monoisotopic (exact) mass is 433 g/mol.